The van der Waals surface area contributed by atoms with Crippen molar-refractivity contribution in [1.29, 1.82) is 0 Å². The Labute approximate surface area is 209 Å². The van der Waals surface area contributed by atoms with Crippen molar-refractivity contribution in [1.82, 2.24) is 9.88 Å². The molecule has 4 aromatic rings. The van der Waals surface area contributed by atoms with E-state index in [1.165, 1.54) is 7.11 Å². The molecule has 0 unspecified atom stereocenters. The molecule has 0 aliphatic rings. The van der Waals surface area contributed by atoms with Gasteiger partial charge in [-0.05, 0) is 66.3 Å². The molecule has 35 heavy (non-hydrogen) atoms. The van der Waals surface area contributed by atoms with Crippen LogP contribution in [0.2, 0.25) is 0 Å². The minimum Gasteiger partial charge on any atom is -0.465 e. The molecule has 0 aliphatic carbocycles. The number of para-hydroxylation sites is 1. The van der Waals surface area contributed by atoms with E-state index in [1.807, 2.05) is 67.3 Å². The standard InChI is InChI=1S/C28H27N3O3S/c1-18-13-14-21-15-22(26(32)30-25(21)19(18)2)17-31(16-20-9-5-4-6-10-20)28(35)29-24-12-8-7-11-23(24)27(33)34-3/h4-15H,16-17H2,1-3H3,(H,29,35)(H,30,32). The summed E-state index contributed by atoms with van der Waals surface area (Å²) < 4.78 is 4.90. The highest BCUT2D eigenvalue weighted by Crippen LogP contribution is 2.21. The number of H-pyrrole nitrogens is 1. The fourth-order valence-corrected chi connectivity index (χ4v) is 4.21. The second-order valence-corrected chi connectivity index (χ2v) is 8.79. The van der Waals surface area contributed by atoms with Crippen LogP contribution < -0.4 is 10.9 Å². The largest absolute Gasteiger partial charge is 0.465 e. The highest BCUT2D eigenvalue weighted by molar-refractivity contribution is 7.80. The monoisotopic (exact) mass is 485 g/mol. The number of carbonyl (C=O) groups excluding carboxylic acids is 1. The Balaban J connectivity index is 1.68. The van der Waals surface area contributed by atoms with Crippen molar-refractivity contribution in [3.63, 3.8) is 0 Å². The Morgan fingerprint density at radius 3 is 2.46 bits per heavy atom. The van der Waals surface area contributed by atoms with Crippen LogP contribution in [0.3, 0.4) is 0 Å². The van der Waals surface area contributed by atoms with E-state index in [2.05, 4.69) is 16.4 Å². The predicted molar refractivity (Wildman–Crippen MR) is 144 cm³/mol. The number of pyridine rings is 1. The number of aromatic amines is 1. The zero-order valence-corrected chi connectivity index (χ0v) is 20.7. The van der Waals surface area contributed by atoms with E-state index in [4.69, 9.17) is 17.0 Å². The molecular weight excluding hydrogens is 458 g/mol. The lowest BCUT2D eigenvalue weighted by molar-refractivity contribution is 0.0602. The predicted octanol–water partition coefficient (Wildman–Crippen LogP) is 5.33. The summed E-state index contributed by atoms with van der Waals surface area (Å²) >= 11 is 5.77. The first-order chi connectivity index (χ1) is 16.9. The third-order valence-electron chi connectivity index (χ3n) is 6.07. The van der Waals surface area contributed by atoms with E-state index in [0.29, 0.717) is 35.0 Å². The molecule has 0 saturated carbocycles. The van der Waals surface area contributed by atoms with Crippen LogP contribution in [-0.4, -0.2) is 28.1 Å². The Bertz CT molecular complexity index is 1450. The number of benzene rings is 3. The molecule has 0 fully saturated rings. The van der Waals surface area contributed by atoms with Gasteiger partial charge in [0.05, 0.1) is 30.4 Å². The molecule has 4 rings (SSSR count). The average molecular weight is 486 g/mol. The number of esters is 1. The van der Waals surface area contributed by atoms with Crippen molar-refractivity contribution in [3.8, 4) is 0 Å². The first-order valence-corrected chi connectivity index (χ1v) is 11.7. The average Bonchev–Trinajstić information content (AvgIpc) is 2.87. The SMILES string of the molecule is COC(=O)c1ccccc1NC(=S)N(Cc1ccccc1)Cc1cc2ccc(C)c(C)c2[nH]c1=O. The van der Waals surface area contributed by atoms with E-state index >= 15 is 0 Å². The highest BCUT2D eigenvalue weighted by atomic mass is 32.1. The van der Waals surface area contributed by atoms with Crippen molar-refractivity contribution in [2.24, 2.45) is 0 Å². The number of hydrogen-bond acceptors (Lipinski definition) is 4. The Morgan fingerprint density at radius 2 is 1.71 bits per heavy atom. The van der Waals surface area contributed by atoms with E-state index < -0.39 is 5.97 Å². The third-order valence-corrected chi connectivity index (χ3v) is 6.43. The van der Waals surface area contributed by atoms with Crippen LogP contribution in [0.4, 0.5) is 5.69 Å². The second-order valence-electron chi connectivity index (χ2n) is 8.40. The van der Waals surface area contributed by atoms with Crippen LogP contribution in [0.5, 0.6) is 0 Å². The normalized spacial score (nSPS) is 10.7. The summed E-state index contributed by atoms with van der Waals surface area (Å²) in [6.45, 7) is 4.81. The number of anilines is 1. The van der Waals surface area contributed by atoms with E-state index in [0.717, 1.165) is 27.6 Å². The summed E-state index contributed by atoms with van der Waals surface area (Å²) in [5, 5.41) is 4.55. The summed E-state index contributed by atoms with van der Waals surface area (Å²) in [6, 6.07) is 22.9. The smallest absolute Gasteiger partial charge is 0.339 e. The third kappa shape index (κ3) is 5.41. The quantitative estimate of drug-likeness (QED) is 0.284. The van der Waals surface area contributed by atoms with Gasteiger partial charge in [-0.2, -0.15) is 0 Å². The zero-order valence-electron chi connectivity index (χ0n) is 19.9. The molecule has 178 valence electrons. The summed E-state index contributed by atoms with van der Waals surface area (Å²) in [4.78, 5) is 30.2. The van der Waals surface area contributed by atoms with Crippen molar-refractivity contribution >= 4 is 39.9 Å². The molecule has 0 saturated heterocycles. The van der Waals surface area contributed by atoms with Crippen LogP contribution in [0.1, 0.15) is 32.6 Å². The lowest BCUT2D eigenvalue weighted by Crippen LogP contribution is -2.36. The maximum absolute atomic E-state index is 13.0. The van der Waals surface area contributed by atoms with Crippen molar-refractivity contribution < 1.29 is 9.53 Å². The number of aromatic nitrogens is 1. The summed E-state index contributed by atoms with van der Waals surface area (Å²) in [6.07, 6.45) is 0. The van der Waals surface area contributed by atoms with Crippen LogP contribution in [0, 0.1) is 13.8 Å². The van der Waals surface area contributed by atoms with Crippen LogP contribution >= 0.6 is 12.2 Å². The van der Waals surface area contributed by atoms with Crippen molar-refractivity contribution in [3.05, 3.63) is 111 Å². The minimum absolute atomic E-state index is 0.151. The number of thiocarbonyl (C=S) groups is 1. The van der Waals surface area contributed by atoms with Crippen LogP contribution in [-0.2, 0) is 17.8 Å². The topological polar surface area (TPSA) is 74.4 Å². The molecule has 2 N–H and O–H groups in total. The molecule has 1 aromatic heterocycles. The molecule has 0 aliphatic heterocycles. The molecule has 3 aromatic carbocycles. The van der Waals surface area contributed by atoms with Gasteiger partial charge in [-0.3, -0.25) is 4.79 Å². The Morgan fingerprint density at radius 1 is 1.00 bits per heavy atom. The van der Waals surface area contributed by atoms with Gasteiger partial charge in [0, 0.05) is 12.1 Å². The number of aryl methyl sites for hydroxylation is 2. The maximum atomic E-state index is 13.0. The molecule has 0 bridgehead atoms. The zero-order chi connectivity index (χ0) is 24.9. The highest BCUT2D eigenvalue weighted by Gasteiger charge is 2.18. The number of nitrogens with zero attached hydrogens (tertiary/aromatic N) is 1. The van der Waals surface area contributed by atoms with Gasteiger partial charge in [-0.15, -0.1) is 0 Å². The van der Waals surface area contributed by atoms with Gasteiger partial charge < -0.3 is 19.9 Å². The van der Waals surface area contributed by atoms with E-state index in [9.17, 15) is 9.59 Å². The molecule has 7 heteroatoms. The number of nitrogens with one attached hydrogen (secondary N) is 2. The summed E-state index contributed by atoms with van der Waals surface area (Å²) in [5.74, 6) is -0.456. The van der Waals surface area contributed by atoms with Crippen molar-refractivity contribution in [2.75, 3.05) is 12.4 Å². The lowest BCUT2D eigenvalue weighted by Gasteiger charge is -2.26. The number of carbonyl (C=O) groups is 1. The number of rotatable bonds is 6. The van der Waals surface area contributed by atoms with Gasteiger partial charge in [0.25, 0.3) is 5.56 Å². The van der Waals surface area contributed by atoms with E-state index in [-0.39, 0.29) is 5.56 Å². The van der Waals surface area contributed by atoms with Gasteiger partial charge in [0.15, 0.2) is 5.11 Å². The molecular formula is C28H27N3O3S. The second kappa shape index (κ2) is 10.5. The Hall–Kier alpha value is -3.97. The molecule has 1 heterocycles. The fourth-order valence-electron chi connectivity index (χ4n) is 3.97. The number of methoxy groups -OCH3 is 1. The minimum atomic E-state index is -0.456. The number of hydrogen-bond donors (Lipinski definition) is 2. The molecule has 0 radical (unpaired) electrons. The number of fused-ring (bicyclic) bond motifs is 1. The van der Waals surface area contributed by atoms with Gasteiger partial charge in [-0.25, -0.2) is 4.79 Å². The van der Waals surface area contributed by atoms with Gasteiger partial charge >= 0.3 is 5.97 Å². The summed E-state index contributed by atoms with van der Waals surface area (Å²) in [5.41, 5.74) is 5.45. The molecule has 0 spiro atoms. The maximum Gasteiger partial charge on any atom is 0.339 e. The Kier molecular flexibility index (Phi) is 7.27. The van der Waals surface area contributed by atoms with Gasteiger partial charge in [0.2, 0.25) is 0 Å². The first-order valence-electron chi connectivity index (χ1n) is 11.3. The van der Waals surface area contributed by atoms with Gasteiger partial charge in [-0.1, -0.05) is 54.6 Å². The molecule has 6 nitrogen and oxygen atoms in total. The van der Waals surface area contributed by atoms with E-state index in [1.54, 1.807) is 18.2 Å². The first kappa shape index (κ1) is 24.2. The fraction of sp³-hybridized carbons (Fsp3) is 0.179. The van der Waals surface area contributed by atoms with Crippen LogP contribution in [0.15, 0.2) is 77.6 Å². The molecule has 0 amide bonds. The summed E-state index contributed by atoms with van der Waals surface area (Å²) in [7, 11) is 1.34. The number of ether oxygens (including phenoxy) is 1. The van der Waals surface area contributed by atoms with Crippen molar-refractivity contribution in [2.45, 2.75) is 26.9 Å². The van der Waals surface area contributed by atoms with Crippen LogP contribution in [0.25, 0.3) is 10.9 Å². The van der Waals surface area contributed by atoms with Gasteiger partial charge in [0.1, 0.15) is 0 Å². The molecule has 0 atom stereocenters. The lowest BCUT2D eigenvalue weighted by atomic mass is 10.0.